The van der Waals surface area contributed by atoms with E-state index in [1.165, 1.54) is 5.56 Å². The van der Waals surface area contributed by atoms with Crippen molar-refractivity contribution in [3.8, 4) is 11.2 Å². The van der Waals surface area contributed by atoms with E-state index in [9.17, 15) is 0 Å². The van der Waals surface area contributed by atoms with Gasteiger partial charge < -0.3 is 0 Å². The zero-order valence-corrected chi connectivity index (χ0v) is 12.1. The van der Waals surface area contributed by atoms with E-state index in [4.69, 9.17) is 11.6 Å². The third-order valence-electron chi connectivity index (χ3n) is 2.61. The predicted octanol–water partition coefficient (Wildman–Crippen LogP) is 4.58. The lowest BCUT2D eigenvalue weighted by Crippen LogP contribution is -2.05. The van der Waals surface area contributed by atoms with Crippen LogP contribution in [-0.2, 0) is 6.42 Å². The second-order valence-corrected chi connectivity index (χ2v) is 5.63. The summed E-state index contributed by atoms with van der Waals surface area (Å²) in [6.45, 7) is 0. The van der Waals surface area contributed by atoms with Gasteiger partial charge in [-0.3, -0.25) is 0 Å². The molecular weight excluding hydrogens is 272 g/mol. The molecule has 0 bridgehead atoms. The summed E-state index contributed by atoms with van der Waals surface area (Å²) in [5.74, 6) is 3.96. The van der Waals surface area contributed by atoms with Crippen molar-refractivity contribution in [2.75, 3.05) is 5.75 Å². The molecule has 2 aromatic carbocycles. The summed E-state index contributed by atoms with van der Waals surface area (Å²) < 4.78 is 0. The minimum Gasteiger partial charge on any atom is -0.122 e. The van der Waals surface area contributed by atoms with Crippen LogP contribution in [0.3, 0.4) is 0 Å². The van der Waals surface area contributed by atoms with Crippen LogP contribution in [0.25, 0.3) is 0 Å². The highest BCUT2D eigenvalue weighted by Crippen LogP contribution is 2.13. The van der Waals surface area contributed by atoms with Gasteiger partial charge in [0.05, 0.1) is 0 Å². The molecule has 0 aromatic heterocycles. The van der Waals surface area contributed by atoms with E-state index in [0.717, 1.165) is 17.7 Å². The van der Waals surface area contributed by atoms with Crippen molar-refractivity contribution >= 4 is 23.4 Å². The van der Waals surface area contributed by atoms with Gasteiger partial charge in [-0.05, 0) is 29.4 Å². The standard InChI is InChI=1S/C17H15ClS/c18-17(13-16-9-5-2-6-10-16)14-19-12-11-15-7-3-1-4-8-15/h1-10,17H,13-14H2. The quantitative estimate of drug-likeness (QED) is 0.586. The third kappa shape index (κ3) is 5.42. The molecular formula is C17H15ClS. The lowest BCUT2D eigenvalue weighted by Gasteiger charge is -2.06. The fraction of sp³-hybridized carbons (Fsp3) is 0.176. The summed E-state index contributed by atoms with van der Waals surface area (Å²) in [4.78, 5) is 0. The Balaban J connectivity index is 1.76. The van der Waals surface area contributed by atoms with Crippen molar-refractivity contribution in [2.45, 2.75) is 11.8 Å². The van der Waals surface area contributed by atoms with Crippen LogP contribution in [0.1, 0.15) is 11.1 Å². The number of alkyl halides is 1. The molecule has 1 atom stereocenters. The van der Waals surface area contributed by atoms with Gasteiger partial charge >= 0.3 is 0 Å². The molecule has 19 heavy (non-hydrogen) atoms. The summed E-state index contributed by atoms with van der Waals surface area (Å²) in [6, 6.07) is 20.3. The average molecular weight is 287 g/mol. The monoisotopic (exact) mass is 286 g/mol. The molecule has 0 nitrogen and oxygen atoms in total. The fourth-order valence-electron chi connectivity index (χ4n) is 1.68. The smallest absolute Gasteiger partial charge is 0.0476 e. The van der Waals surface area contributed by atoms with Gasteiger partial charge in [-0.25, -0.2) is 0 Å². The highest BCUT2D eigenvalue weighted by atomic mass is 35.5. The molecule has 0 amide bonds. The lowest BCUT2D eigenvalue weighted by molar-refractivity contribution is 0.944. The van der Waals surface area contributed by atoms with E-state index in [1.807, 2.05) is 48.5 Å². The zero-order valence-electron chi connectivity index (χ0n) is 10.6. The Kier molecular flexibility index (Phi) is 5.88. The topological polar surface area (TPSA) is 0 Å². The first-order valence-electron chi connectivity index (χ1n) is 6.20. The van der Waals surface area contributed by atoms with Gasteiger partial charge in [0, 0.05) is 16.7 Å². The highest BCUT2D eigenvalue weighted by molar-refractivity contribution is 8.03. The molecule has 0 aliphatic carbocycles. The summed E-state index contributed by atoms with van der Waals surface area (Å²) >= 11 is 7.89. The van der Waals surface area contributed by atoms with Crippen molar-refractivity contribution in [3.05, 3.63) is 71.8 Å². The zero-order chi connectivity index (χ0) is 13.3. The van der Waals surface area contributed by atoms with Crippen molar-refractivity contribution in [1.82, 2.24) is 0 Å². The molecule has 2 rings (SSSR count). The van der Waals surface area contributed by atoms with Crippen LogP contribution in [0, 0.1) is 11.2 Å². The highest BCUT2D eigenvalue weighted by Gasteiger charge is 2.04. The van der Waals surface area contributed by atoms with Gasteiger partial charge in [0.25, 0.3) is 0 Å². The molecule has 1 unspecified atom stereocenters. The molecule has 0 aliphatic rings. The van der Waals surface area contributed by atoms with Crippen LogP contribution in [0.4, 0.5) is 0 Å². The number of benzene rings is 2. The molecule has 0 saturated heterocycles. The SMILES string of the molecule is ClC(CSC#Cc1ccccc1)Cc1ccccc1. The van der Waals surface area contributed by atoms with Crippen LogP contribution in [-0.4, -0.2) is 11.1 Å². The molecule has 0 fully saturated rings. The third-order valence-corrected chi connectivity index (χ3v) is 3.91. The number of hydrogen-bond donors (Lipinski definition) is 0. The minimum atomic E-state index is 0.123. The normalized spacial score (nSPS) is 11.4. The number of rotatable bonds is 4. The van der Waals surface area contributed by atoms with Crippen LogP contribution in [0.5, 0.6) is 0 Å². The van der Waals surface area contributed by atoms with Gasteiger partial charge in [0.1, 0.15) is 0 Å². The van der Waals surface area contributed by atoms with Gasteiger partial charge in [0.2, 0.25) is 0 Å². The Hall–Kier alpha value is -1.36. The van der Waals surface area contributed by atoms with E-state index < -0.39 is 0 Å². The largest absolute Gasteiger partial charge is 0.122 e. The fourth-order valence-corrected chi connectivity index (χ4v) is 2.62. The molecule has 0 aliphatic heterocycles. The van der Waals surface area contributed by atoms with E-state index >= 15 is 0 Å². The maximum atomic E-state index is 6.31. The Morgan fingerprint density at radius 3 is 2.26 bits per heavy atom. The maximum Gasteiger partial charge on any atom is 0.0476 e. The molecule has 96 valence electrons. The first-order chi connectivity index (χ1) is 9.34. The molecule has 0 N–H and O–H groups in total. The second kappa shape index (κ2) is 7.94. The van der Waals surface area contributed by atoms with Gasteiger partial charge in [-0.15, -0.1) is 11.6 Å². The second-order valence-electron chi connectivity index (χ2n) is 4.19. The average Bonchev–Trinajstić information content (AvgIpc) is 2.46. The Morgan fingerprint density at radius 2 is 1.58 bits per heavy atom. The Labute approximate surface area is 124 Å². The van der Waals surface area contributed by atoms with Crippen LogP contribution >= 0.6 is 23.4 Å². The van der Waals surface area contributed by atoms with Crippen molar-refractivity contribution in [2.24, 2.45) is 0 Å². The van der Waals surface area contributed by atoms with E-state index in [-0.39, 0.29) is 5.38 Å². The molecule has 0 spiro atoms. The van der Waals surface area contributed by atoms with Gasteiger partial charge in [-0.1, -0.05) is 66.2 Å². The molecule has 0 heterocycles. The van der Waals surface area contributed by atoms with E-state index in [2.05, 4.69) is 23.3 Å². The Bertz CT molecular complexity index is 540. The van der Waals surface area contributed by atoms with Crippen molar-refractivity contribution < 1.29 is 0 Å². The summed E-state index contributed by atoms with van der Waals surface area (Å²) in [5.41, 5.74) is 2.32. The summed E-state index contributed by atoms with van der Waals surface area (Å²) in [5, 5.41) is 3.22. The van der Waals surface area contributed by atoms with Gasteiger partial charge in [0.15, 0.2) is 0 Å². The van der Waals surface area contributed by atoms with E-state index in [0.29, 0.717) is 0 Å². The minimum absolute atomic E-state index is 0.123. The molecule has 2 heteroatoms. The first kappa shape index (κ1) is 14.1. The lowest BCUT2D eigenvalue weighted by atomic mass is 10.1. The summed E-state index contributed by atoms with van der Waals surface area (Å²) in [6.07, 6.45) is 0.891. The maximum absolute atomic E-state index is 6.31. The number of halogens is 1. The predicted molar refractivity (Wildman–Crippen MR) is 85.6 cm³/mol. The van der Waals surface area contributed by atoms with E-state index in [1.54, 1.807) is 11.8 Å². The van der Waals surface area contributed by atoms with Crippen molar-refractivity contribution in [3.63, 3.8) is 0 Å². The molecule has 0 saturated carbocycles. The number of thioether (sulfide) groups is 1. The van der Waals surface area contributed by atoms with Gasteiger partial charge in [-0.2, -0.15) is 0 Å². The van der Waals surface area contributed by atoms with Crippen molar-refractivity contribution in [1.29, 1.82) is 0 Å². The van der Waals surface area contributed by atoms with Crippen LogP contribution in [0.2, 0.25) is 0 Å². The number of hydrogen-bond acceptors (Lipinski definition) is 1. The first-order valence-corrected chi connectivity index (χ1v) is 7.62. The van der Waals surface area contributed by atoms with Crippen LogP contribution in [0.15, 0.2) is 60.7 Å². The van der Waals surface area contributed by atoms with Crippen LogP contribution < -0.4 is 0 Å². The molecule has 0 radical (unpaired) electrons. The Morgan fingerprint density at radius 1 is 0.947 bits per heavy atom. The molecule has 2 aromatic rings. The summed E-state index contributed by atoms with van der Waals surface area (Å²) in [7, 11) is 0.